The van der Waals surface area contributed by atoms with Crippen LogP contribution in [0.4, 0.5) is 0 Å². The van der Waals surface area contributed by atoms with E-state index in [1.165, 1.54) is 8.61 Å². The highest BCUT2D eigenvalue weighted by Gasteiger charge is 2.39. The first-order chi connectivity index (χ1) is 15.0. The maximum atomic E-state index is 13.0. The molecule has 0 aliphatic carbocycles. The van der Waals surface area contributed by atoms with Gasteiger partial charge < -0.3 is 4.12 Å². The van der Waals surface area contributed by atoms with Crippen LogP contribution in [0.3, 0.4) is 0 Å². The molecule has 0 aliphatic rings. The molecule has 33 heavy (non-hydrogen) atoms. The molecule has 0 amide bonds. The van der Waals surface area contributed by atoms with Crippen LogP contribution < -0.4 is 0 Å². The molecule has 0 unspecified atom stereocenters. The van der Waals surface area contributed by atoms with E-state index in [1.807, 2.05) is 40.0 Å². The van der Waals surface area contributed by atoms with E-state index in [0.717, 1.165) is 11.1 Å². The van der Waals surface area contributed by atoms with Crippen LogP contribution in [0.1, 0.15) is 11.1 Å². The van der Waals surface area contributed by atoms with Crippen molar-refractivity contribution in [1.82, 2.24) is 8.61 Å². The van der Waals surface area contributed by atoms with E-state index < -0.39 is 36.7 Å². The second-order valence-electron chi connectivity index (χ2n) is 9.77. The van der Waals surface area contributed by atoms with Gasteiger partial charge in [0.2, 0.25) is 20.0 Å². The molecular formula is C22H36N2O5S2Si2. The minimum Gasteiger partial charge on any atom is -0.454 e. The van der Waals surface area contributed by atoms with Crippen LogP contribution in [0.25, 0.3) is 0 Å². The second-order valence-corrected chi connectivity index (χ2v) is 22.3. The number of nitrogens with zero attached hydrogens (tertiary/aromatic N) is 2. The number of rotatable bonds is 10. The fourth-order valence-corrected chi connectivity index (χ4v) is 17.4. The van der Waals surface area contributed by atoms with E-state index >= 15 is 0 Å². The third kappa shape index (κ3) is 7.32. The summed E-state index contributed by atoms with van der Waals surface area (Å²) >= 11 is 0. The molecule has 0 aliphatic heterocycles. The van der Waals surface area contributed by atoms with E-state index in [0.29, 0.717) is 0 Å². The van der Waals surface area contributed by atoms with E-state index in [1.54, 1.807) is 62.6 Å². The maximum absolute atomic E-state index is 13.0. The first-order valence-corrected chi connectivity index (χ1v) is 19.8. The summed E-state index contributed by atoms with van der Waals surface area (Å²) in [6, 6.07) is 13.6. The molecule has 0 atom stereocenters. The van der Waals surface area contributed by atoms with Gasteiger partial charge in [-0.3, -0.25) is 0 Å². The van der Waals surface area contributed by atoms with Gasteiger partial charge in [-0.2, -0.15) is 0 Å². The molecule has 2 aromatic carbocycles. The normalized spacial score (nSPS) is 13.6. The molecule has 0 heterocycles. The number of benzene rings is 2. The molecule has 0 radical (unpaired) electrons. The van der Waals surface area contributed by atoms with Gasteiger partial charge in [0.05, 0.1) is 9.79 Å². The fourth-order valence-electron chi connectivity index (χ4n) is 3.84. The summed E-state index contributed by atoms with van der Waals surface area (Å²) in [6.45, 7) is 11.7. The zero-order chi connectivity index (χ0) is 25.2. The van der Waals surface area contributed by atoms with Gasteiger partial charge in [-0.05, 0) is 64.3 Å². The van der Waals surface area contributed by atoms with Crippen molar-refractivity contribution in [1.29, 1.82) is 0 Å². The highest BCUT2D eigenvalue weighted by atomic mass is 32.2. The number of sulfonamides is 2. The zero-order valence-electron chi connectivity index (χ0n) is 20.8. The Hall–Kier alpha value is -1.35. The SMILES string of the molecule is Cc1ccc(S(=O)(=O)N(C)C[Si](C)(C)O[Si](C)(C)CN(C)S(=O)(=O)c2ccc(C)cc2)cc1. The summed E-state index contributed by atoms with van der Waals surface area (Å²) in [7, 11) is -9.10. The predicted molar refractivity (Wildman–Crippen MR) is 138 cm³/mol. The Kier molecular flexibility index (Phi) is 8.54. The van der Waals surface area contributed by atoms with Crippen molar-refractivity contribution >= 4 is 36.7 Å². The van der Waals surface area contributed by atoms with Gasteiger partial charge in [0.1, 0.15) is 0 Å². The van der Waals surface area contributed by atoms with Crippen LogP contribution in [-0.4, -0.2) is 68.5 Å². The molecule has 2 aromatic rings. The molecule has 0 fully saturated rings. The van der Waals surface area contributed by atoms with Crippen molar-refractivity contribution in [3.63, 3.8) is 0 Å². The van der Waals surface area contributed by atoms with Crippen LogP contribution in [0.5, 0.6) is 0 Å². The van der Waals surface area contributed by atoms with Crippen LogP contribution in [-0.2, 0) is 24.2 Å². The molecule has 0 bridgehead atoms. The summed E-state index contributed by atoms with van der Waals surface area (Å²) in [5.41, 5.74) is 1.99. The number of hydrogen-bond acceptors (Lipinski definition) is 5. The molecule has 0 saturated heterocycles. The Morgan fingerprint density at radius 2 is 0.909 bits per heavy atom. The summed E-state index contributed by atoms with van der Waals surface area (Å²) in [4.78, 5) is 0.502. The minimum absolute atomic E-state index is 0.251. The molecule has 0 saturated carbocycles. The van der Waals surface area contributed by atoms with Gasteiger partial charge in [0.15, 0.2) is 16.6 Å². The average Bonchev–Trinajstić information content (AvgIpc) is 2.66. The Labute approximate surface area is 201 Å². The van der Waals surface area contributed by atoms with Crippen molar-refractivity contribution in [2.24, 2.45) is 0 Å². The Morgan fingerprint density at radius 1 is 0.636 bits per heavy atom. The number of aryl methyl sites for hydroxylation is 2. The topological polar surface area (TPSA) is 84.0 Å². The van der Waals surface area contributed by atoms with E-state index in [4.69, 9.17) is 4.12 Å². The molecule has 0 spiro atoms. The lowest BCUT2D eigenvalue weighted by Crippen LogP contribution is -2.56. The highest BCUT2D eigenvalue weighted by Crippen LogP contribution is 2.23. The van der Waals surface area contributed by atoms with Gasteiger partial charge in [0.25, 0.3) is 0 Å². The summed E-state index contributed by atoms with van der Waals surface area (Å²) in [5, 5.41) is 0. The van der Waals surface area contributed by atoms with Crippen LogP contribution in [0, 0.1) is 13.8 Å². The molecule has 2 rings (SSSR count). The third-order valence-corrected chi connectivity index (χ3v) is 16.2. The summed E-state index contributed by atoms with van der Waals surface area (Å²) in [6.07, 6.45) is 0.544. The lowest BCUT2D eigenvalue weighted by molar-refractivity contribution is 0.448. The lowest BCUT2D eigenvalue weighted by Gasteiger charge is -2.37. The quantitative estimate of drug-likeness (QED) is 0.439. The Bertz CT molecular complexity index is 1070. The fraction of sp³-hybridized carbons (Fsp3) is 0.455. The first-order valence-electron chi connectivity index (χ1n) is 10.7. The van der Waals surface area contributed by atoms with Crippen molar-refractivity contribution in [3.05, 3.63) is 59.7 Å². The van der Waals surface area contributed by atoms with Crippen LogP contribution in [0.2, 0.25) is 26.2 Å². The van der Waals surface area contributed by atoms with Crippen molar-refractivity contribution in [3.8, 4) is 0 Å². The molecule has 0 aromatic heterocycles. The summed E-state index contributed by atoms with van der Waals surface area (Å²) in [5.74, 6) is 0. The van der Waals surface area contributed by atoms with E-state index in [9.17, 15) is 16.8 Å². The highest BCUT2D eigenvalue weighted by molar-refractivity contribution is 7.89. The molecule has 0 N–H and O–H groups in total. The van der Waals surface area contributed by atoms with E-state index in [-0.39, 0.29) is 22.1 Å². The maximum Gasteiger partial charge on any atom is 0.242 e. The molecule has 7 nitrogen and oxygen atoms in total. The van der Waals surface area contributed by atoms with Crippen LogP contribution in [0.15, 0.2) is 58.3 Å². The van der Waals surface area contributed by atoms with Gasteiger partial charge in [-0.1, -0.05) is 35.4 Å². The smallest absolute Gasteiger partial charge is 0.242 e. The Morgan fingerprint density at radius 3 is 1.18 bits per heavy atom. The summed E-state index contributed by atoms with van der Waals surface area (Å²) < 4.78 is 61.2. The minimum atomic E-state index is -3.63. The lowest BCUT2D eigenvalue weighted by atomic mass is 10.2. The zero-order valence-corrected chi connectivity index (χ0v) is 24.4. The Balaban J connectivity index is 2.11. The largest absolute Gasteiger partial charge is 0.454 e. The van der Waals surface area contributed by atoms with Gasteiger partial charge in [0, 0.05) is 26.4 Å². The van der Waals surface area contributed by atoms with Crippen molar-refractivity contribution in [2.75, 3.05) is 26.4 Å². The van der Waals surface area contributed by atoms with Gasteiger partial charge in [-0.15, -0.1) is 0 Å². The average molecular weight is 529 g/mol. The standard InChI is InChI=1S/C22H36N2O5S2Si2/c1-19-9-13-21(14-10-19)30(25,26)23(3)17-32(5,6)29-33(7,8)18-24(4)31(27,28)22-15-11-20(2)12-16-22/h9-16H,17-18H2,1-8H3. The molecule has 184 valence electrons. The molecular weight excluding hydrogens is 493 g/mol. The molecule has 11 heteroatoms. The van der Waals surface area contributed by atoms with Gasteiger partial charge in [-0.25, -0.2) is 25.4 Å². The van der Waals surface area contributed by atoms with Gasteiger partial charge >= 0.3 is 0 Å². The monoisotopic (exact) mass is 528 g/mol. The first kappa shape index (κ1) is 27.9. The van der Waals surface area contributed by atoms with Crippen molar-refractivity contribution in [2.45, 2.75) is 49.8 Å². The third-order valence-electron chi connectivity index (χ3n) is 5.22. The van der Waals surface area contributed by atoms with Crippen LogP contribution >= 0.6 is 0 Å². The second kappa shape index (κ2) is 10.1. The number of hydrogen-bond donors (Lipinski definition) is 0. The van der Waals surface area contributed by atoms with E-state index in [2.05, 4.69) is 0 Å². The predicted octanol–water partition coefficient (Wildman–Crippen LogP) is 3.75. The van der Waals surface area contributed by atoms with Crippen molar-refractivity contribution < 1.29 is 21.0 Å².